The molecule has 0 saturated carbocycles. The summed E-state index contributed by atoms with van der Waals surface area (Å²) in [5.74, 6) is 1.25. The minimum absolute atomic E-state index is 0.153. The van der Waals surface area contributed by atoms with Gasteiger partial charge in [-0.15, -0.1) is 21.5 Å². The van der Waals surface area contributed by atoms with Gasteiger partial charge < -0.3 is 9.73 Å². The third-order valence-corrected chi connectivity index (χ3v) is 6.84. The average molecular weight is 496 g/mol. The second kappa shape index (κ2) is 9.38. The Kier molecular flexibility index (Phi) is 6.17. The van der Waals surface area contributed by atoms with Gasteiger partial charge in [-0.1, -0.05) is 53.7 Å². The van der Waals surface area contributed by atoms with Crippen molar-refractivity contribution in [3.8, 4) is 22.8 Å². The Balaban J connectivity index is 1.27. The molecule has 166 valence electrons. The van der Waals surface area contributed by atoms with Gasteiger partial charge in [0.15, 0.2) is 16.0 Å². The Morgan fingerprint density at radius 1 is 1.18 bits per heavy atom. The molecule has 1 N–H and O–H groups in total. The number of anilines is 1. The lowest BCUT2D eigenvalue weighted by Crippen LogP contribution is -2.14. The van der Waals surface area contributed by atoms with Crippen molar-refractivity contribution in [1.29, 1.82) is 0 Å². The first-order valence-corrected chi connectivity index (χ1v) is 12.4. The summed E-state index contributed by atoms with van der Waals surface area (Å²) < 4.78 is 7.86. The molecule has 3 aromatic heterocycles. The first kappa shape index (κ1) is 21.7. The summed E-state index contributed by atoms with van der Waals surface area (Å²) in [5, 5.41) is 16.1. The van der Waals surface area contributed by atoms with Gasteiger partial charge in [-0.2, -0.15) is 0 Å². The number of nitrogens with one attached hydrogen (secondary N) is 1. The number of amides is 1. The first-order valence-electron chi connectivity index (χ1n) is 10.2. The minimum Gasteiger partial charge on any atom is -0.453 e. The van der Waals surface area contributed by atoms with Crippen LogP contribution in [0.5, 0.6) is 0 Å². The summed E-state index contributed by atoms with van der Waals surface area (Å²) in [7, 11) is 0. The van der Waals surface area contributed by atoms with Crippen LogP contribution < -0.4 is 5.32 Å². The average Bonchev–Trinajstić information content (AvgIpc) is 3.55. The molecular formula is C23H18ClN5O2S2. The fraction of sp³-hybridized carbons (Fsp3) is 0.130. The Hall–Kier alpha value is -3.14. The number of nitrogens with zero attached hydrogens (tertiary/aromatic N) is 4. The van der Waals surface area contributed by atoms with Crippen LogP contribution in [-0.4, -0.2) is 31.4 Å². The molecule has 0 saturated heterocycles. The second-order valence-electron chi connectivity index (χ2n) is 7.08. The maximum Gasteiger partial charge on any atom is 0.236 e. The normalized spacial score (nSPS) is 11.2. The largest absolute Gasteiger partial charge is 0.453 e. The van der Waals surface area contributed by atoms with Crippen LogP contribution in [0.2, 0.25) is 5.02 Å². The van der Waals surface area contributed by atoms with Crippen molar-refractivity contribution in [2.24, 2.45) is 0 Å². The van der Waals surface area contributed by atoms with Crippen LogP contribution in [-0.2, 0) is 11.3 Å². The molecule has 33 heavy (non-hydrogen) atoms. The highest BCUT2D eigenvalue weighted by Crippen LogP contribution is 2.31. The molecule has 7 nitrogen and oxygen atoms in total. The van der Waals surface area contributed by atoms with Gasteiger partial charge in [0.05, 0.1) is 11.4 Å². The molecule has 0 spiro atoms. The van der Waals surface area contributed by atoms with Crippen molar-refractivity contribution in [2.75, 3.05) is 11.1 Å². The quantitative estimate of drug-likeness (QED) is 0.270. The van der Waals surface area contributed by atoms with Gasteiger partial charge in [0, 0.05) is 27.9 Å². The van der Waals surface area contributed by atoms with Crippen LogP contribution in [0.15, 0.2) is 69.6 Å². The molecule has 5 aromatic rings. The summed E-state index contributed by atoms with van der Waals surface area (Å²) in [6.07, 6.45) is 0. The van der Waals surface area contributed by atoms with E-state index in [0.29, 0.717) is 33.4 Å². The molecule has 0 bridgehead atoms. The van der Waals surface area contributed by atoms with Crippen molar-refractivity contribution in [2.45, 2.75) is 18.6 Å². The van der Waals surface area contributed by atoms with Gasteiger partial charge in [0.1, 0.15) is 5.58 Å². The van der Waals surface area contributed by atoms with E-state index in [1.165, 1.54) is 23.1 Å². The molecule has 5 rings (SSSR count). The molecule has 3 heterocycles. The van der Waals surface area contributed by atoms with Crippen LogP contribution in [0.4, 0.5) is 5.13 Å². The number of hydrogen-bond acceptors (Lipinski definition) is 7. The number of aromatic nitrogens is 4. The monoisotopic (exact) mass is 495 g/mol. The van der Waals surface area contributed by atoms with E-state index < -0.39 is 0 Å². The lowest BCUT2D eigenvalue weighted by atomic mass is 10.2. The highest BCUT2D eigenvalue weighted by molar-refractivity contribution is 7.99. The molecule has 10 heteroatoms. The zero-order chi connectivity index (χ0) is 22.8. The zero-order valence-corrected chi connectivity index (χ0v) is 19.9. The summed E-state index contributed by atoms with van der Waals surface area (Å²) in [6, 6.07) is 17.2. The van der Waals surface area contributed by atoms with E-state index in [-0.39, 0.29) is 11.7 Å². The van der Waals surface area contributed by atoms with Crippen LogP contribution in [0.3, 0.4) is 0 Å². The van der Waals surface area contributed by atoms with Gasteiger partial charge in [-0.05, 0) is 31.2 Å². The van der Waals surface area contributed by atoms with E-state index in [4.69, 9.17) is 16.0 Å². The second-order valence-corrected chi connectivity index (χ2v) is 9.32. The number of benzene rings is 2. The molecule has 0 atom stereocenters. The van der Waals surface area contributed by atoms with Gasteiger partial charge in [0.25, 0.3) is 0 Å². The molecule has 2 aromatic carbocycles. The van der Waals surface area contributed by atoms with E-state index in [1.54, 1.807) is 6.07 Å². The Morgan fingerprint density at radius 2 is 2.03 bits per heavy atom. The summed E-state index contributed by atoms with van der Waals surface area (Å²) in [5.41, 5.74) is 2.58. The molecule has 0 fully saturated rings. The van der Waals surface area contributed by atoms with Gasteiger partial charge in [-0.25, -0.2) is 4.98 Å². The highest BCUT2D eigenvalue weighted by atomic mass is 35.5. The third kappa shape index (κ3) is 4.66. The number of thioether (sulfide) groups is 1. The van der Waals surface area contributed by atoms with Gasteiger partial charge in [0.2, 0.25) is 11.7 Å². The standard InChI is InChI=1S/C23H18ClN5O2S2/c1-2-29-21(19-11-15-10-16(24)8-9-18(15)31-19)27-28-23(29)33-13-20(30)26-22-25-17(12-32-22)14-6-4-3-5-7-14/h3-12H,2,13H2,1H3,(H,25,26,30). The maximum atomic E-state index is 12.5. The highest BCUT2D eigenvalue weighted by Gasteiger charge is 2.18. The number of hydrogen-bond donors (Lipinski definition) is 1. The fourth-order valence-electron chi connectivity index (χ4n) is 3.35. The van der Waals surface area contributed by atoms with Gasteiger partial charge >= 0.3 is 0 Å². The number of thiazole rings is 1. The van der Waals surface area contributed by atoms with E-state index in [1.807, 2.05) is 65.4 Å². The topological polar surface area (TPSA) is 85.8 Å². The van der Waals surface area contributed by atoms with Crippen LogP contribution in [0.25, 0.3) is 33.8 Å². The number of carbonyl (C=O) groups is 1. The maximum absolute atomic E-state index is 12.5. The number of furan rings is 1. The number of rotatable bonds is 7. The molecule has 0 aliphatic rings. The minimum atomic E-state index is -0.153. The molecule has 0 aliphatic heterocycles. The van der Waals surface area contributed by atoms with Crippen molar-refractivity contribution >= 4 is 56.7 Å². The predicted octanol–water partition coefficient (Wildman–Crippen LogP) is 6.22. The smallest absolute Gasteiger partial charge is 0.236 e. The van der Waals surface area contributed by atoms with Crippen molar-refractivity contribution in [3.05, 3.63) is 65.0 Å². The molecular weight excluding hydrogens is 478 g/mol. The zero-order valence-electron chi connectivity index (χ0n) is 17.5. The molecule has 0 aliphatic carbocycles. The summed E-state index contributed by atoms with van der Waals surface area (Å²) in [6.45, 7) is 2.63. The fourth-order valence-corrected chi connectivity index (χ4v) is 5.06. The van der Waals surface area contributed by atoms with Gasteiger partial charge in [-0.3, -0.25) is 9.36 Å². The summed E-state index contributed by atoms with van der Waals surface area (Å²) in [4.78, 5) is 17.0. The molecule has 1 amide bonds. The van der Waals surface area contributed by atoms with Crippen LogP contribution in [0, 0.1) is 0 Å². The lowest BCUT2D eigenvalue weighted by Gasteiger charge is -2.05. The van der Waals surface area contributed by atoms with E-state index >= 15 is 0 Å². The van der Waals surface area contributed by atoms with Crippen LogP contribution in [0.1, 0.15) is 6.92 Å². The van der Waals surface area contributed by atoms with E-state index in [0.717, 1.165) is 22.2 Å². The molecule has 0 radical (unpaired) electrons. The Morgan fingerprint density at radius 3 is 2.85 bits per heavy atom. The van der Waals surface area contributed by atoms with E-state index in [2.05, 4.69) is 20.5 Å². The molecule has 0 unspecified atom stereocenters. The van der Waals surface area contributed by atoms with Crippen molar-refractivity contribution in [3.63, 3.8) is 0 Å². The van der Waals surface area contributed by atoms with Crippen molar-refractivity contribution < 1.29 is 9.21 Å². The third-order valence-electron chi connectivity index (χ3n) is 4.88. The Bertz CT molecular complexity index is 1430. The predicted molar refractivity (Wildman–Crippen MR) is 133 cm³/mol. The van der Waals surface area contributed by atoms with Crippen LogP contribution >= 0.6 is 34.7 Å². The lowest BCUT2D eigenvalue weighted by molar-refractivity contribution is -0.113. The number of halogens is 1. The SMILES string of the molecule is CCn1c(SCC(=O)Nc2nc(-c3ccccc3)cs2)nnc1-c1cc2cc(Cl)ccc2o1. The van der Waals surface area contributed by atoms with E-state index in [9.17, 15) is 4.79 Å². The number of fused-ring (bicyclic) bond motifs is 1. The number of carbonyl (C=O) groups excluding carboxylic acids is 1. The first-order chi connectivity index (χ1) is 16.1. The van der Waals surface area contributed by atoms with Crippen molar-refractivity contribution in [1.82, 2.24) is 19.7 Å². The summed E-state index contributed by atoms with van der Waals surface area (Å²) >= 11 is 8.80. The Labute approximate surface area is 202 Å².